The first-order valence-electron chi connectivity index (χ1n) is 6.66. The number of nitrogens with zero attached hydrogens (tertiary/aromatic N) is 1. The summed E-state index contributed by atoms with van der Waals surface area (Å²) >= 11 is 3.28. The summed E-state index contributed by atoms with van der Waals surface area (Å²) in [5.41, 5.74) is 0.715. The first-order valence-corrected chi connectivity index (χ1v) is 7.46. The molecule has 0 unspecified atom stereocenters. The predicted octanol–water partition coefficient (Wildman–Crippen LogP) is 3.60. The van der Waals surface area contributed by atoms with Crippen LogP contribution in [-0.4, -0.2) is 26.6 Å². The maximum Gasteiger partial charge on any atom is 0.204 e. The van der Waals surface area contributed by atoms with E-state index in [0.29, 0.717) is 28.4 Å². The molecule has 0 fully saturated rings. The van der Waals surface area contributed by atoms with Gasteiger partial charge in [-0.1, -0.05) is 15.9 Å². The average Bonchev–Trinajstić information content (AvgIpc) is 2.59. The third kappa shape index (κ3) is 4.02. The fourth-order valence-corrected chi connectivity index (χ4v) is 2.33. The third-order valence-corrected chi connectivity index (χ3v) is 3.62. The van der Waals surface area contributed by atoms with Gasteiger partial charge in [-0.15, -0.1) is 0 Å². The predicted molar refractivity (Wildman–Crippen MR) is 88.2 cm³/mol. The number of Topliss-reactive ketones (excluding diaryl/α,β-unsaturated/α-hetero) is 1. The van der Waals surface area contributed by atoms with E-state index in [0.717, 1.165) is 4.47 Å². The Bertz CT molecular complexity index is 768. The second-order valence-electron chi connectivity index (χ2n) is 4.53. The van der Waals surface area contributed by atoms with Crippen molar-refractivity contribution in [2.75, 3.05) is 20.8 Å². The van der Waals surface area contributed by atoms with Crippen LogP contribution in [0.3, 0.4) is 0 Å². The van der Waals surface area contributed by atoms with Gasteiger partial charge in [0.15, 0.2) is 6.61 Å². The van der Waals surface area contributed by atoms with Crippen LogP contribution in [0.25, 0.3) is 0 Å². The lowest BCUT2D eigenvalue weighted by molar-refractivity contribution is 0.0918. The lowest BCUT2D eigenvalue weighted by Gasteiger charge is -2.11. The summed E-state index contributed by atoms with van der Waals surface area (Å²) in [5, 5.41) is 9.10. The molecular formula is C17H14BrNO4. The Labute approximate surface area is 142 Å². The van der Waals surface area contributed by atoms with Gasteiger partial charge < -0.3 is 14.2 Å². The van der Waals surface area contributed by atoms with E-state index in [-0.39, 0.29) is 12.4 Å². The molecule has 0 amide bonds. The van der Waals surface area contributed by atoms with Gasteiger partial charge in [-0.3, -0.25) is 4.79 Å². The molecule has 0 aliphatic rings. The molecule has 0 heterocycles. The van der Waals surface area contributed by atoms with Gasteiger partial charge in [0, 0.05) is 4.47 Å². The Kier molecular flexibility index (Phi) is 5.61. The van der Waals surface area contributed by atoms with Gasteiger partial charge in [0.1, 0.15) is 23.3 Å². The van der Waals surface area contributed by atoms with E-state index < -0.39 is 0 Å². The van der Waals surface area contributed by atoms with Crippen molar-refractivity contribution >= 4 is 21.7 Å². The summed E-state index contributed by atoms with van der Waals surface area (Å²) in [6, 6.07) is 12.0. The highest BCUT2D eigenvalue weighted by molar-refractivity contribution is 9.10. The summed E-state index contributed by atoms with van der Waals surface area (Å²) in [4.78, 5) is 12.4. The van der Waals surface area contributed by atoms with Crippen LogP contribution in [0.5, 0.6) is 17.2 Å². The molecule has 23 heavy (non-hydrogen) atoms. The van der Waals surface area contributed by atoms with Crippen LogP contribution >= 0.6 is 15.9 Å². The highest BCUT2D eigenvalue weighted by atomic mass is 79.9. The highest BCUT2D eigenvalue weighted by Crippen LogP contribution is 2.26. The molecular weight excluding hydrogens is 362 g/mol. The topological polar surface area (TPSA) is 68.6 Å². The average molecular weight is 376 g/mol. The van der Waals surface area contributed by atoms with Crippen molar-refractivity contribution < 1.29 is 19.0 Å². The number of benzene rings is 2. The van der Waals surface area contributed by atoms with Crippen molar-refractivity contribution in [1.29, 1.82) is 5.26 Å². The fourth-order valence-electron chi connectivity index (χ4n) is 1.97. The van der Waals surface area contributed by atoms with Crippen molar-refractivity contribution in [2.45, 2.75) is 0 Å². The molecule has 0 saturated carbocycles. The summed E-state index contributed by atoms with van der Waals surface area (Å²) in [5.74, 6) is 1.07. The molecule has 2 aromatic carbocycles. The molecule has 0 aromatic heterocycles. The minimum absolute atomic E-state index is 0.208. The quantitative estimate of drug-likeness (QED) is 0.721. The maximum absolute atomic E-state index is 12.4. The summed E-state index contributed by atoms with van der Waals surface area (Å²) < 4.78 is 16.6. The van der Waals surface area contributed by atoms with Gasteiger partial charge in [-0.2, -0.15) is 5.26 Å². The number of hydrogen-bond acceptors (Lipinski definition) is 5. The molecule has 0 atom stereocenters. The normalized spacial score (nSPS) is 9.83. The van der Waals surface area contributed by atoms with Crippen molar-refractivity contribution in [3.63, 3.8) is 0 Å². The molecule has 2 aromatic rings. The van der Waals surface area contributed by atoms with E-state index in [1.165, 1.54) is 14.2 Å². The molecule has 5 nitrogen and oxygen atoms in total. The number of methoxy groups -OCH3 is 2. The summed E-state index contributed by atoms with van der Waals surface area (Å²) in [7, 11) is 3.01. The second-order valence-corrected chi connectivity index (χ2v) is 5.45. The van der Waals surface area contributed by atoms with E-state index >= 15 is 0 Å². The van der Waals surface area contributed by atoms with E-state index in [2.05, 4.69) is 15.9 Å². The van der Waals surface area contributed by atoms with Crippen LogP contribution in [-0.2, 0) is 0 Å². The first kappa shape index (κ1) is 16.8. The zero-order chi connectivity index (χ0) is 16.8. The Hall–Kier alpha value is -2.52. The minimum atomic E-state index is -0.271. The number of ether oxygens (including phenoxy) is 3. The van der Waals surface area contributed by atoms with Gasteiger partial charge in [0.05, 0.1) is 25.3 Å². The van der Waals surface area contributed by atoms with E-state index in [9.17, 15) is 4.79 Å². The standard InChI is InChI=1S/C17H14BrNO4/c1-21-13-4-6-17(22-2)14(8-13)15(20)10-23-16-5-3-12(18)7-11(16)9-19/h3-8H,10H2,1-2H3. The number of rotatable bonds is 6. The zero-order valence-corrected chi connectivity index (χ0v) is 14.2. The fraction of sp³-hybridized carbons (Fsp3) is 0.176. The molecule has 6 heteroatoms. The molecule has 0 spiro atoms. The van der Waals surface area contributed by atoms with Crippen LogP contribution in [0.4, 0.5) is 0 Å². The lowest BCUT2D eigenvalue weighted by atomic mass is 10.1. The zero-order valence-electron chi connectivity index (χ0n) is 12.6. The maximum atomic E-state index is 12.4. The number of nitriles is 1. The van der Waals surface area contributed by atoms with Crippen molar-refractivity contribution in [2.24, 2.45) is 0 Å². The van der Waals surface area contributed by atoms with Gasteiger partial charge >= 0.3 is 0 Å². The van der Waals surface area contributed by atoms with Crippen LogP contribution in [0.15, 0.2) is 40.9 Å². The monoisotopic (exact) mass is 375 g/mol. The van der Waals surface area contributed by atoms with Gasteiger partial charge in [-0.25, -0.2) is 0 Å². The van der Waals surface area contributed by atoms with Crippen molar-refractivity contribution in [1.82, 2.24) is 0 Å². The Balaban J connectivity index is 2.19. The number of carbonyl (C=O) groups excluding carboxylic acids is 1. The Morgan fingerprint density at radius 2 is 1.87 bits per heavy atom. The smallest absolute Gasteiger partial charge is 0.204 e. The molecule has 0 saturated heterocycles. The molecule has 0 aliphatic carbocycles. The first-order chi connectivity index (χ1) is 11.1. The summed E-state index contributed by atoms with van der Waals surface area (Å²) in [6.45, 7) is -0.208. The SMILES string of the molecule is COc1ccc(OC)c(C(=O)COc2ccc(Br)cc2C#N)c1. The molecule has 2 rings (SSSR count). The van der Waals surface area contributed by atoms with Gasteiger partial charge in [0.25, 0.3) is 0 Å². The Morgan fingerprint density at radius 1 is 1.13 bits per heavy atom. The third-order valence-electron chi connectivity index (χ3n) is 3.13. The van der Waals surface area contributed by atoms with E-state index in [4.69, 9.17) is 19.5 Å². The number of halogens is 1. The molecule has 0 aliphatic heterocycles. The number of hydrogen-bond donors (Lipinski definition) is 0. The molecule has 0 N–H and O–H groups in total. The van der Waals surface area contributed by atoms with Crippen LogP contribution in [0, 0.1) is 11.3 Å². The van der Waals surface area contributed by atoms with E-state index in [1.807, 2.05) is 6.07 Å². The second kappa shape index (κ2) is 7.65. The van der Waals surface area contributed by atoms with Crippen LogP contribution in [0.2, 0.25) is 0 Å². The molecule has 118 valence electrons. The van der Waals surface area contributed by atoms with Crippen LogP contribution < -0.4 is 14.2 Å². The number of ketones is 1. The minimum Gasteiger partial charge on any atom is -0.497 e. The molecule has 0 radical (unpaired) electrons. The van der Waals surface area contributed by atoms with Gasteiger partial charge in [-0.05, 0) is 36.4 Å². The Morgan fingerprint density at radius 3 is 2.52 bits per heavy atom. The molecule has 0 bridgehead atoms. The van der Waals surface area contributed by atoms with Gasteiger partial charge in [0.2, 0.25) is 5.78 Å². The summed E-state index contributed by atoms with van der Waals surface area (Å²) in [6.07, 6.45) is 0. The lowest BCUT2D eigenvalue weighted by Crippen LogP contribution is -2.13. The van der Waals surface area contributed by atoms with Crippen LogP contribution in [0.1, 0.15) is 15.9 Å². The largest absolute Gasteiger partial charge is 0.497 e. The van der Waals surface area contributed by atoms with Crippen molar-refractivity contribution in [3.8, 4) is 23.3 Å². The van der Waals surface area contributed by atoms with E-state index in [1.54, 1.807) is 36.4 Å². The number of carbonyl (C=O) groups is 1. The van der Waals surface area contributed by atoms with Crippen molar-refractivity contribution in [3.05, 3.63) is 52.0 Å². The highest BCUT2D eigenvalue weighted by Gasteiger charge is 2.15.